The second-order valence-corrected chi connectivity index (χ2v) is 6.36. The van der Waals surface area contributed by atoms with E-state index in [0.717, 1.165) is 5.69 Å². The van der Waals surface area contributed by atoms with Crippen LogP contribution in [0.4, 0.5) is 5.69 Å². The Morgan fingerprint density at radius 3 is 2.41 bits per heavy atom. The van der Waals surface area contributed by atoms with E-state index < -0.39 is 12.0 Å². The summed E-state index contributed by atoms with van der Waals surface area (Å²) in [5.74, 6) is -0.723. The predicted octanol–water partition coefficient (Wildman–Crippen LogP) is 1.77. The van der Waals surface area contributed by atoms with E-state index in [2.05, 4.69) is 5.32 Å². The third-order valence-corrected chi connectivity index (χ3v) is 4.17. The molecule has 1 amide bonds. The molecule has 0 aliphatic carbocycles. The number of phenols is 2. The Morgan fingerprint density at radius 1 is 1.19 bits per heavy atom. The minimum absolute atomic E-state index is 0. The van der Waals surface area contributed by atoms with Gasteiger partial charge in [0.15, 0.2) is 0 Å². The van der Waals surface area contributed by atoms with Gasteiger partial charge in [0, 0.05) is 31.9 Å². The first-order valence-corrected chi connectivity index (χ1v) is 8.32. The molecule has 0 bridgehead atoms. The van der Waals surface area contributed by atoms with Crippen LogP contribution in [0.5, 0.6) is 11.5 Å². The number of aliphatic hydroxyl groups is 1. The van der Waals surface area contributed by atoms with Crippen molar-refractivity contribution in [2.75, 3.05) is 25.0 Å². The van der Waals surface area contributed by atoms with Crippen LogP contribution in [0, 0.1) is 0 Å². The number of rotatable bonds is 8. The van der Waals surface area contributed by atoms with Gasteiger partial charge < -0.3 is 31.3 Å². The predicted molar refractivity (Wildman–Crippen MR) is 108 cm³/mol. The standard InChI is InChI=1S/C19H25N3O4.ClH/c1-12(11-22(2)14-4-6-15(23)7-5-14)21-10-18(25)13-3-8-17(24)16(9-13)19(20)26;/h3-9,12,18,21,23-25H,10-11H2,1-2H3,(H2,20,26);1H. The van der Waals surface area contributed by atoms with Crippen LogP contribution in [0.3, 0.4) is 0 Å². The number of likely N-dealkylation sites (N-methyl/N-ethyl adjacent to an activating group) is 1. The van der Waals surface area contributed by atoms with E-state index >= 15 is 0 Å². The summed E-state index contributed by atoms with van der Waals surface area (Å²) in [5.41, 5.74) is 6.67. The number of nitrogens with zero attached hydrogens (tertiary/aromatic N) is 1. The molecule has 8 heteroatoms. The van der Waals surface area contributed by atoms with Gasteiger partial charge in [-0.3, -0.25) is 4.79 Å². The molecule has 6 N–H and O–H groups in total. The Hall–Kier alpha value is -2.48. The molecule has 0 spiro atoms. The van der Waals surface area contributed by atoms with Crippen molar-refractivity contribution in [2.45, 2.75) is 19.1 Å². The molecule has 148 valence electrons. The summed E-state index contributed by atoms with van der Waals surface area (Å²) < 4.78 is 0. The Bertz CT molecular complexity index is 755. The van der Waals surface area contributed by atoms with E-state index in [1.165, 1.54) is 12.1 Å². The molecule has 2 aromatic rings. The first-order valence-electron chi connectivity index (χ1n) is 8.32. The Balaban J connectivity index is 0.00000364. The van der Waals surface area contributed by atoms with Crippen molar-refractivity contribution >= 4 is 24.0 Å². The Morgan fingerprint density at radius 2 is 1.81 bits per heavy atom. The number of carbonyl (C=O) groups is 1. The van der Waals surface area contributed by atoms with Crippen LogP contribution in [0.2, 0.25) is 0 Å². The summed E-state index contributed by atoms with van der Waals surface area (Å²) in [4.78, 5) is 13.3. The zero-order chi connectivity index (χ0) is 19.3. The molecule has 0 aliphatic rings. The third kappa shape index (κ3) is 6.32. The van der Waals surface area contributed by atoms with E-state index in [4.69, 9.17) is 5.73 Å². The number of aliphatic hydroxyl groups excluding tert-OH is 1. The number of carbonyl (C=O) groups excluding carboxylic acids is 1. The highest BCUT2D eigenvalue weighted by Gasteiger charge is 2.15. The maximum absolute atomic E-state index is 11.3. The number of hydrogen-bond donors (Lipinski definition) is 5. The van der Waals surface area contributed by atoms with E-state index in [0.29, 0.717) is 12.1 Å². The summed E-state index contributed by atoms with van der Waals surface area (Å²) in [6.45, 7) is 2.97. The van der Waals surface area contributed by atoms with Crippen LogP contribution in [0.15, 0.2) is 42.5 Å². The van der Waals surface area contributed by atoms with Gasteiger partial charge >= 0.3 is 0 Å². The molecule has 2 aromatic carbocycles. The van der Waals surface area contributed by atoms with E-state index in [9.17, 15) is 20.1 Å². The van der Waals surface area contributed by atoms with Crippen molar-refractivity contribution in [1.29, 1.82) is 0 Å². The average molecular weight is 396 g/mol. The van der Waals surface area contributed by atoms with Crippen molar-refractivity contribution in [3.63, 3.8) is 0 Å². The summed E-state index contributed by atoms with van der Waals surface area (Å²) in [6.07, 6.45) is -0.838. The highest BCUT2D eigenvalue weighted by atomic mass is 35.5. The van der Waals surface area contributed by atoms with Crippen LogP contribution in [-0.4, -0.2) is 47.4 Å². The first kappa shape index (κ1) is 22.6. The lowest BCUT2D eigenvalue weighted by molar-refractivity contribution is 0.0997. The fraction of sp³-hybridized carbons (Fsp3) is 0.316. The summed E-state index contributed by atoms with van der Waals surface area (Å²) in [6, 6.07) is 11.3. The van der Waals surface area contributed by atoms with Gasteiger partial charge in [-0.05, 0) is 48.9 Å². The van der Waals surface area contributed by atoms with Crippen LogP contribution >= 0.6 is 12.4 Å². The molecular weight excluding hydrogens is 370 g/mol. The van der Waals surface area contributed by atoms with Crippen molar-refractivity contribution in [3.05, 3.63) is 53.6 Å². The maximum Gasteiger partial charge on any atom is 0.252 e. The third-order valence-electron chi connectivity index (χ3n) is 4.17. The zero-order valence-corrected chi connectivity index (χ0v) is 16.1. The number of aromatic hydroxyl groups is 2. The average Bonchev–Trinajstić information content (AvgIpc) is 2.60. The van der Waals surface area contributed by atoms with E-state index in [1.807, 2.05) is 31.0 Å². The van der Waals surface area contributed by atoms with Crippen LogP contribution in [-0.2, 0) is 0 Å². The van der Waals surface area contributed by atoms with Gasteiger partial charge in [-0.25, -0.2) is 0 Å². The number of benzene rings is 2. The second kappa shape index (κ2) is 10.0. The Labute approximate surface area is 164 Å². The van der Waals surface area contributed by atoms with Gasteiger partial charge in [0.2, 0.25) is 0 Å². The van der Waals surface area contributed by atoms with Gasteiger partial charge in [-0.2, -0.15) is 0 Å². The van der Waals surface area contributed by atoms with Crippen molar-refractivity contribution in [3.8, 4) is 11.5 Å². The molecule has 27 heavy (non-hydrogen) atoms. The van der Waals surface area contributed by atoms with Crippen LogP contribution in [0.25, 0.3) is 0 Å². The largest absolute Gasteiger partial charge is 0.508 e. The number of hydrogen-bond acceptors (Lipinski definition) is 6. The molecular formula is C19H26ClN3O4. The molecule has 0 aromatic heterocycles. The van der Waals surface area contributed by atoms with Gasteiger partial charge in [0.05, 0.1) is 11.7 Å². The summed E-state index contributed by atoms with van der Waals surface area (Å²) >= 11 is 0. The maximum atomic E-state index is 11.3. The van der Waals surface area contributed by atoms with Gasteiger partial charge in [-0.1, -0.05) is 6.07 Å². The number of nitrogens with one attached hydrogen (secondary N) is 1. The topological polar surface area (TPSA) is 119 Å². The molecule has 0 fully saturated rings. The lowest BCUT2D eigenvalue weighted by Crippen LogP contribution is -2.39. The SMILES string of the molecule is CC(CN(C)c1ccc(O)cc1)NCC(O)c1ccc(O)c(C(N)=O)c1.Cl. The molecule has 0 radical (unpaired) electrons. The molecule has 2 unspecified atom stereocenters. The van der Waals surface area contributed by atoms with E-state index in [1.54, 1.807) is 18.2 Å². The highest BCUT2D eigenvalue weighted by molar-refractivity contribution is 5.95. The molecule has 0 heterocycles. The summed E-state index contributed by atoms with van der Waals surface area (Å²) in [5, 5.41) is 32.5. The van der Waals surface area contributed by atoms with Crippen LogP contribution < -0.4 is 16.0 Å². The van der Waals surface area contributed by atoms with Crippen LogP contribution in [0.1, 0.15) is 28.9 Å². The molecule has 2 rings (SSSR count). The monoisotopic (exact) mass is 395 g/mol. The second-order valence-electron chi connectivity index (χ2n) is 6.36. The van der Waals surface area contributed by atoms with E-state index in [-0.39, 0.29) is 42.1 Å². The summed E-state index contributed by atoms with van der Waals surface area (Å²) in [7, 11) is 1.94. The van der Waals surface area contributed by atoms with Gasteiger partial charge in [-0.15, -0.1) is 12.4 Å². The molecule has 0 saturated heterocycles. The minimum Gasteiger partial charge on any atom is -0.508 e. The Kier molecular flexibility index (Phi) is 8.36. The number of amides is 1. The number of anilines is 1. The number of phenolic OH excluding ortho intramolecular Hbond substituents is 1. The smallest absolute Gasteiger partial charge is 0.252 e. The fourth-order valence-electron chi connectivity index (χ4n) is 2.68. The van der Waals surface area contributed by atoms with Crippen molar-refractivity contribution < 1.29 is 20.1 Å². The molecule has 0 aliphatic heterocycles. The normalized spacial score (nSPS) is 12.7. The number of nitrogens with two attached hydrogens (primary N) is 1. The number of halogens is 1. The van der Waals surface area contributed by atoms with Gasteiger partial charge in [0.25, 0.3) is 5.91 Å². The quantitative estimate of drug-likeness (QED) is 0.464. The lowest BCUT2D eigenvalue weighted by atomic mass is 10.0. The minimum atomic E-state index is -0.838. The zero-order valence-electron chi connectivity index (χ0n) is 15.3. The number of primary amides is 1. The lowest BCUT2D eigenvalue weighted by Gasteiger charge is -2.25. The fourth-order valence-corrected chi connectivity index (χ4v) is 2.68. The highest BCUT2D eigenvalue weighted by Crippen LogP contribution is 2.22. The first-order chi connectivity index (χ1) is 12.3. The molecule has 0 saturated carbocycles. The molecule has 7 nitrogen and oxygen atoms in total. The van der Waals surface area contributed by atoms with Gasteiger partial charge in [0.1, 0.15) is 11.5 Å². The molecule has 2 atom stereocenters. The van der Waals surface area contributed by atoms with Crippen molar-refractivity contribution in [1.82, 2.24) is 5.32 Å². The van der Waals surface area contributed by atoms with Crippen molar-refractivity contribution in [2.24, 2.45) is 5.73 Å².